The van der Waals surface area contributed by atoms with E-state index in [9.17, 15) is 13.2 Å². The molecule has 118 valence electrons. The summed E-state index contributed by atoms with van der Waals surface area (Å²) in [5.41, 5.74) is 2.96. The lowest BCUT2D eigenvalue weighted by Gasteiger charge is -2.05. The van der Waals surface area contributed by atoms with E-state index in [2.05, 4.69) is 20.5 Å². The number of pyridine rings is 1. The summed E-state index contributed by atoms with van der Waals surface area (Å²) in [5, 5.41) is 8.66. The quantitative estimate of drug-likeness (QED) is 0.774. The van der Waals surface area contributed by atoms with Crippen LogP contribution in [0.3, 0.4) is 0 Å². The Labute approximate surface area is 134 Å². The van der Waals surface area contributed by atoms with Crippen molar-refractivity contribution in [3.8, 4) is 11.1 Å². The predicted octanol–water partition coefficient (Wildman–Crippen LogP) is 4.23. The van der Waals surface area contributed by atoms with E-state index < -0.39 is 11.2 Å². The van der Waals surface area contributed by atoms with Gasteiger partial charge in [0.15, 0.2) is 0 Å². The van der Waals surface area contributed by atoms with Gasteiger partial charge in [-0.05, 0) is 22.8 Å². The lowest BCUT2D eigenvalue weighted by Crippen LogP contribution is -2.03. The second-order valence-electron chi connectivity index (χ2n) is 4.70. The van der Waals surface area contributed by atoms with E-state index in [0.717, 1.165) is 16.7 Å². The maximum absolute atomic E-state index is 12.4. The van der Waals surface area contributed by atoms with Crippen LogP contribution in [0, 0.1) is 0 Å². The van der Waals surface area contributed by atoms with Crippen LogP contribution in [0.5, 0.6) is 0 Å². The maximum Gasteiger partial charge on any atom is 0.445 e. The number of alkyl halides is 3. The summed E-state index contributed by atoms with van der Waals surface area (Å²) < 4.78 is 37.3. The van der Waals surface area contributed by atoms with E-state index in [-0.39, 0.29) is 5.13 Å². The molecule has 0 fully saturated rings. The Morgan fingerprint density at radius 3 is 2.39 bits per heavy atom. The van der Waals surface area contributed by atoms with Crippen LogP contribution in [0.25, 0.3) is 11.1 Å². The summed E-state index contributed by atoms with van der Waals surface area (Å²) in [7, 11) is 0. The average molecular weight is 336 g/mol. The second-order valence-corrected chi connectivity index (χ2v) is 5.68. The molecule has 0 aliphatic heterocycles. The first kappa shape index (κ1) is 15.4. The molecule has 0 saturated carbocycles. The van der Waals surface area contributed by atoms with Gasteiger partial charge in [0.05, 0.1) is 0 Å². The first-order valence-electron chi connectivity index (χ1n) is 6.66. The predicted molar refractivity (Wildman–Crippen MR) is 81.9 cm³/mol. The zero-order chi connectivity index (χ0) is 16.3. The Morgan fingerprint density at radius 2 is 1.78 bits per heavy atom. The third kappa shape index (κ3) is 3.84. The molecule has 3 rings (SSSR count). The van der Waals surface area contributed by atoms with E-state index in [1.807, 2.05) is 36.4 Å². The summed E-state index contributed by atoms with van der Waals surface area (Å²) in [6.07, 6.45) is -0.977. The van der Waals surface area contributed by atoms with Crippen molar-refractivity contribution < 1.29 is 13.2 Å². The van der Waals surface area contributed by atoms with Gasteiger partial charge in [-0.3, -0.25) is 4.98 Å². The molecule has 1 aromatic carbocycles. The number of aromatic nitrogens is 3. The molecule has 0 radical (unpaired) electrons. The van der Waals surface area contributed by atoms with Gasteiger partial charge < -0.3 is 5.32 Å². The molecule has 0 spiro atoms. The summed E-state index contributed by atoms with van der Waals surface area (Å²) in [6.45, 7) is 0.375. The van der Waals surface area contributed by atoms with Crippen molar-refractivity contribution >= 4 is 16.5 Å². The molecule has 0 aliphatic rings. The Bertz CT molecular complexity index is 769. The zero-order valence-corrected chi connectivity index (χ0v) is 12.5. The molecule has 23 heavy (non-hydrogen) atoms. The van der Waals surface area contributed by atoms with E-state index >= 15 is 0 Å². The van der Waals surface area contributed by atoms with Gasteiger partial charge in [0.25, 0.3) is 0 Å². The monoisotopic (exact) mass is 336 g/mol. The van der Waals surface area contributed by atoms with Crippen LogP contribution in [0.2, 0.25) is 0 Å². The summed E-state index contributed by atoms with van der Waals surface area (Å²) in [5.74, 6) is 0. The van der Waals surface area contributed by atoms with Gasteiger partial charge in [-0.15, -0.1) is 10.2 Å². The van der Waals surface area contributed by atoms with Crippen molar-refractivity contribution in [1.82, 2.24) is 15.2 Å². The first-order chi connectivity index (χ1) is 11.0. The first-order valence-corrected chi connectivity index (χ1v) is 7.48. The molecular weight excluding hydrogens is 325 g/mol. The molecule has 2 aromatic heterocycles. The largest absolute Gasteiger partial charge is 0.445 e. The highest BCUT2D eigenvalue weighted by Crippen LogP contribution is 2.33. The highest BCUT2D eigenvalue weighted by Gasteiger charge is 2.35. The number of hydrogen-bond acceptors (Lipinski definition) is 5. The minimum absolute atomic E-state index is 0.147. The maximum atomic E-state index is 12.4. The number of rotatable bonds is 4. The van der Waals surface area contributed by atoms with Gasteiger partial charge in [0.1, 0.15) is 0 Å². The van der Waals surface area contributed by atoms with Crippen molar-refractivity contribution in [1.29, 1.82) is 0 Å². The average Bonchev–Trinajstić information content (AvgIpc) is 3.04. The molecule has 0 bridgehead atoms. The van der Waals surface area contributed by atoms with Crippen molar-refractivity contribution in [2.24, 2.45) is 0 Å². The molecule has 0 aliphatic carbocycles. The zero-order valence-electron chi connectivity index (χ0n) is 11.7. The smallest absolute Gasteiger partial charge is 0.356 e. The molecule has 0 saturated heterocycles. The van der Waals surface area contributed by atoms with E-state index in [0.29, 0.717) is 17.9 Å². The van der Waals surface area contributed by atoms with Crippen LogP contribution in [-0.4, -0.2) is 15.2 Å². The Morgan fingerprint density at radius 1 is 1.00 bits per heavy atom. The van der Waals surface area contributed by atoms with Gasteiger partial charge >= 0.3 is 6.18 Å². The SMILES string of the molecule is FC(F)(F)c1nnc(NCc2ccc(-c3cccnc3)cc2)s1. The van der Waals surface area contributed by atoms with E-state index in [1.165, 1.54) is 0 Å². The summed E-state index contributed by atoms with van der Waals surface area (Å²) >= 11 is 0.492. The summed E-state index contributed by atoms with van der Waals surface area (Å²) in [6, 6.07) is 11.5. The van der Waals surface area contributed by atoms with Gasteiger partial charge in [0.2, 0.25) is 10.1 Å². The third-order valence-electron chi connectivity index (χ3n) is 3.06. The fraction of sp³-hybridized carbons (Fsp3) is 0.133. The van der Waals surface area contributed by atoms with Gasteiger partial charge in [0, 0.05) is 18.9 Å². The van der Waals surface area contributed by atoms with Crippen LogP contribution >= 0.6 is 11.3 Å². The number of nitrogens with zero attached hydrogens (tertiary/aromatic N) is 3. The number of benzene rings is 1. The van der Waals surface area contributed by atoms with Gasteiger partial charge in [-0.25, -0.2) is 0 Å². The number of nitrogens with one attached hydrogen (secondary N) is 1. The lowest BCUT2D eigenvalue weighted by atomic mass is 10.1. The van der Waals surface area contributed by atoms with Gasteiger partial charge in [-0.2, -0.15) is 13.2 Å². The lowest BCUT2D eigenvalue weighted by molar-refractivity contribution is -0.138. The Hall–Kier alpha value is -2.48. The molecule has 3 aromatic rings. The highest BCUT2D eigenvalue weighted by atomic mass is 32.1. The molecule has 0 unspecified atom stereocenters. The molecule has 4 nitrogen and oxygen atoms in total. The minimum atomic E-state index is -4.46. The van der Waals surface area contributed by atoms with Crippen LogP contribution in [0.4, 0.5) is 18.3 Å². The molecule has 8 heteroatoms. The van der Waals surface area contributed by atoms with Crippen LogP contribution < -0.4 is 5.32 Å². The topological polar surface area (TPSA) is 50.7 Å². The molecule has 1 N–H and O–H groups in total. The minimum Gasteiger partial charge on any atom is -0.356 e. The normalized spacial score (nSPS) is 11.4. The van der Waals surface area contributed by atoms with E-state index in [4.69, 9.17) is 0 Å². The van der Waals surface area contributed by atoms with Crippen molar-refractivity contribution in [2.75, 3.05) is 5.32 Å². The Balaban J connectivity index is 1.64. The number of hydrogen-bond donors (Lipinski definition) is 1. The van der Waals surface area contributed by atoms with Gasteiger partial charge in [-0.1, -0.05) is 41.7 Å². The standard InChI is InChI=1S/C15H11F3N4S/c16-15(17,18)13-21-22-14(23-13)20-8-10-3-5-11(6-4-10)12-2-1-7-19-9-12/h1-7,9H,8H2,(H,20,22). The van der Waals surface area contributed by atoms with Crippen molar-refractivity contribution in [2.45, 2.75) is 12.7 Å². The molecular formula is C15H11F3N4S. The molecule has 0 atom stereocenters. The highest BCUT2D eigenvalue weighted by molar-refractivity contribution is 7.15. The van der Waals surface area contributed by atoms with Crippen molar-refractivity contribution in [3.63, 3.8) is 0 Å². The van der Waals surface area contributed by atoms with Crippen LogP contribution in [0.15, 0.2) is 48.8 Å². The van der Waals surface area contributed by atoms with E-state index in [1.54, 1.807) is 12.4 Å². The number of halogens is 3. The number of anilines is 1. The molecule has 0 amide bonds. The van der Waals surface area contributed by atoms with Crippen molar-refractivity contribution in [3.05, 3.63) is 59.4 Å². The van der Waals surface area contributed by atoms with Crippen LogP contribution in [-0.2, 0) is 12.7 Å². The van der Waals surface area contributed by atoms with Crippen LogP contribution in [0.1, 0.15) is 10.6 Å². The fourth-order valence-electron chi connectivity index (χ4n) is 1.94. The fourth-order valence-corrected chi connectivity index (χ4v) is 2.54. The third-order valence-corrected chi connectivity index (χ3v) is 3.99. The summed E-state index contributed by atoms with van der Waals surface area (Å²) in [4.78, 5) is 4.06. The molecule has 2 heterocycles. The second kappa shape index (κ2) is 6.33. The Kier molecular flexibility index (Phi) is 4.24.